The Kier molecular flexibility index (Phi) is 4.45. The molecule has 8 nitrogen and oxygen atoms in total. The number of fused-ring (bicyclic) bond motifs is 1. The minimum atomic E-state index is -3.25. The number of nitrogens with one attached hydrogen (secondary N) is 2. The molecule has 0 saturated heterocycles. The Morgan fingerprint density at radius 1 is 1.19 bits per heavy atom. The third-order valence-corrected chi connectivity index (χ3v) is 3.95. The summed E-state index contributed by atoms with van der Waals surface area (Å²) in [5, 5.41) is 0. The first kappa shape index (κ1) is 14.9. The minimum absolute atomic E-state index is 0.250. The molecule has 1 aromatic carbocycles. The topological polar surface area (TPSA) is 127 Å². The lowest BCUT2D eigenvalue weighted by molar-refractivity contribution is 0.588. The zero-order valence-corrected chi connectivity index (χ0v) is 12.0. The quantitative estimate of drug-likeness (QED) is 0.634. The summed E-state index contributed by atoms with van der Waals surface area (Å²) in [5.41, 5.74) is 6.71. The molecule has 9 heteroatoms. The van der Waals surface area contributed by atoms with Gasteiger partial charge < -0.3 is 10.7 Å². The van der Waals surface area contributed by atoms with Crippen LogP contribution in [0, 0.1) is 0 Å². The monoisotopic (exact) mass is 306 g/mol. The Morgan fingerprint density at radius 2 is 1.90 bits per heavy atom. The zero-order valence-electron chi connectivity index (χ0n) is 11.2. The average molecular weight is 306 g/mol. The predicted octanol–water partition coefficient (Wildman–Crippen LogP) is 0.530. The maximum atomic E-state index is 11.1. The summed E-state index contributed by atoms with van der Waals surface area (Å²) in [5.74, 6) is 0.250. The van der Waals surface area contributed by atoms with Crippen molar-refractivity contribution in [1.29, 1.82) is 0 Å². The summed E-state index contributed by atoms with van der Waals surface area (Å²) in [4.78, 5) is 14.7. The number of nitrogen functional groups attached to an aromatic ring is 1. The SMILES string of the molecule is CNS(=O)(=O)c1ccccc1.Nc1ncc2[nH]cnc2n1. The number of nitrogens with zero attached hydrogens (tertiary/aromatic N) is 3. The fourth-order valence-corrected chi connectivity index (χ4v) is 2.22. The van der Waals surface area contributed by atoms with E-state index in [-0.39, 0.29) is 5.95 Å². The van der Waals surface area contributed by atoms with E-state index in [1.165, 1.54) is 7.05 Å². The van der Waals surface area contributed by atoms with Crippen LogP contribution in [0.1, 0.15) is 0 Å². The van der Waals surface area contributed by atoms with E-state index in [0.717, 1.165) is 5.52 Å². The molecule has 2 heterocycles. The maximum absolute atomic E-state index is 11.1. The largest absolute Gasteiger partial charge is 0.368 e. The molecule has 0 saturated carbocycles. The van der Waals surface area contributed by atoms with Gasteiger partial charge in [0.25, 0.3) is 0 Å². The summed E-state index contributed by atoms with van der Waals surface area (Å²) in [6.45, 7) is 0. The van der Waals surface area contributed by atoms with E-state index in [9.17, 15) is 8.42 Å². The first-order valence-corrected chi connectivity index (χ1v) is 7.41. The number of imidazole rings is 1. The normalized spacial score (nSPS) is 10.9. The molecule has 0 radical (unpaired) electrons. The van der Waals surface area contributed by atoms with Crippen LogP contribution in [0.25, 0.3) is 11.2 Å². The van der Waals surface area contributed by atoms with Gasteiger partial charge in [-0.25, -0.2) is 23.1 Å². The van der Waals surface area contributed by atoms with Crippen molar-refractivity contribution in [3.63, 3.8) is 0 Å². The van der Waals surface area contributed by atoms with Gasteiger partial charge in [-0.15, -0.1) is 0 Å². The van der Waals surface area contributed by atoms with E-state index < -0.39 is 10.0 Å². The predicted molar refractivity (Wildman–Crippen MR) is 78.8 cm³/mol. The molecule has 3 aromatic rings. The highest BCUT2D eigenvalue weighted by molar-refractivity contribution is 7.89. The molecular formula is C12H14N6O2S. The molecule has 0 bridgehead atoms. The number of hydrogen-bond acceptors (Lipinski definition) is 6. The Hall–Kier alpha value is -2.52. The molecule has 0 amide bonds. The second kappa shape index (κ2) is 6.29. The van der Waals surface area contributed by atoms with Crippen molar-refractivity contribution in [2.75, 3.05) is 12.8 Å². The molecule has 0 aliphatic heterocycles. The van der Waals surface area contributed by atoms with E-state index in [1.807, 2.05) is 0 Å². The first-order chi connectivity index (χ1) is 10.0. The standard InChI is InChI=1S/C7H9NO2S.C5H5N5/c1-8-11(9,10)7-5-3-2-4-6-7;6-5-7-1-3-4(10-5)9-2-8-3/h2-6,8H,1H3;1-2H,(H3,6,7,8,9,10). The maximum Gasteiger partial charge on any atom is 0.240 e. The van der Waals surface area contributed by atoms with Gasteiger partial charge in [-0.3, -0.25) is 0 Å². The van der Waals surface area contributed by atoms with Crippen molar-refractivity contribution in [2.24, 2.45) is 0 Å². The molecule has 2 aromatic heterocycles. The summed E-state index contributed by atoms with van der Waals surface area (Å²) in [6.07, 6.45) is 3.16. The second-order valence-electron chi connectivity index (χ2n) is 3.89. The minimum Gasteiger partial charge on any atom is -0.368 e. The molecule has 0 spiro atoms. The smallest absolute Gasteiger partial charge is 0.240 e. The lowest BCUT2D eigenvalue weighted by atomic mass is 10.4. The summed E-state index contributed by atoms with van der Waals surface area (Å²) in [7, 11) is -1.86. The van der Waals surface area contributed by atoms with Gasteiger partial charge in [0.15, 0.2) is 5.65 Å². The highest BCUT2D eigenvalue weighted by atomic mass is 32.2. The van der Waals surface area contributed by atoms with Crippen LogP contribution < -0.4 is 10.5 Å². The van der Waals surface area contributed by atoms with Crippen LogP contribution in [0.3, 0.4) is 0 Å². The molecule has 0 aliphatic rings. The molecule has 0 unspecified atom stereocenters. The van der Waals surface area contributed by atoms with Crippen LogP contribution >= 0.6 is 0 Å². The van der Waals surface area contributed by atoms with Crippen molar-refractivity contribution in [1.82, 2.24) is 24.7 Å². The molecule has 0 atom stereocenters. The number of aromatic amines is 1. The van der Waals surface area contributed by atoms with Crippen LogP contribution in [0.5, 0.6) is 0 Å². The molecule has 21 heavy (non-hydrogen) atoms. The van der Waals surface area contributed by atoms with Crippen LogP contribution in [0.2, 0.25) is 0 Å². The lowest BCUT2D eigenvalue weighted by Crippen LogP contribution is -2.18. The van der Waals surface area contributed by atoms with E-state index >= 15 is 0 Å². The Morgan fingerprint density at radius 3 is 2.57 bits per heavy atom. The molecule has 4 N–H and O–H groups in total. The Labute approximate surface area is 121 Å². The fraction of sp³-hybridized carbons (Fsp3) is 0.0833. The highest BCUT2D eigenvalue weighted by Crippen LogP contribution is 2.05. The fourth-order valence-electron chi connectivity index (χ4n) is 1.47. The van der Waals surface area contributed by atoms with Gasteiger partial charge in [-0.05, 0) is 19.2 Å². The van der Waals surface area contributed by atoms with E-state index in [1.54, 1.807) is 42.9 Å². The zero-order chi connectivity index (χ0) is 15.3. The van der Waals surface area contributed by atoms with Gasteiger partial charge in [0.2, 0.25) is 16.0 Å². The van der Waals surface area contributed by atoms with Gasteiger partial charge in [0.1, 0.15) is 5.52 Å². The number of H-pyrrole nitrogens is 1. The van der Waals surface area contributed by atoms with Gasteiger partial charge in [0.05, 0.1) is 17.4 Å². The lowest BCUT2D eigenvalue weighted by Gasteiger charge is -1.99. The van der Waals surface area contributed by atoms with Crippen molar-refractivity contribution in [3.8, 4) is 0 Å². The number of nitrogens with two attached hydrogens (primary N) is 1. The molecule has 110 valence electrons. The van der Waals surface area contributed by atoms with Gasteiger partial charge in [0, 0.05) is 0 Å². The van der Waals surface area contributed by atoms with Gasteiger partial charge in [-0.1, -0.05) is 18.2 Å². The third kappa shape index (κ3) is 3.74. The number of sulfonamides is 1. The molecule has 0 fully saturated rings. The van der Waals surface area contributed by atoms with Gasteiger partial charge >= 0.3 is 0 Å². The van der Waals surface area contributed by atoms with Crippen LogP contribution in [0.4, 0.5) is 5.95 Å². The van der Waals surface area contributed by atoms with Crippen molar-refractivity contribution in [3.05, 3.63) is 42.9 Å². The van der Waals surface area contributed by atoms with Crippen molar-refractivity contribution < 1.29 is 8.42 Å². The van der Waals surface area contributed by atoms with Crippen molar-refractivity contribution >= 4 is 27.1 Å². The summed E-state index contributed by atoms with van der Waals surface area (Å²) >= 11 is 0. The first-order valence-electron chi connectivity index (χ1n) is 5.93. The van der Waals surface area contributed by atoms with E-state index in [2.05, 4.69) is 24.7 Å². The van der Waals surface area contributed by atoms with E-state index in [0.29, 0.717) is 10.5 Å². The van der Waals surface area contributed by atoms with Crippen molar-refractivity contribution in [2.45, 2.75) is 4.90 Å². The molecule has 0 aliphatic carbocycles. The van der Waals surface area contributed by atoms with E-state index in [4.69, 9.17) is 5.73 Å². The summed E-state index contributed by atoms with van der Waals surface area (Å²) in [6, 6.07) is 8.24. The van der Waals surface area contributed by atoms with Crippen LogP contribution in [-0.2, 0) is 10.0 Å². The third-order valence-electron chi connectivity index (χ3n) is 2.52. The summed E-state index contributed by atoms with van der Waals surface area (Å²) < 4.78 is 24.4. The second-order valence-corrected chi connectivity index (χ2v) is 5.78. The number of hydrogen-bond donors (Lipinski definition) is 3. The number of anilines is 1. The van der Waals surface area contributed by atoms with Crippen LogP contribution in [-0.4, -0.2) is 35.4 Å². The molecular weight excluding hydrogens is 292 g/mol. The number of aromatic nitrogens is 4. The highest BCUT2D eigenvalue weighted by Gasteiger charge is 2.08. The number of benzene rings is 1. The Bertz CT molecular complexity index is 816. The van der Waals surface area contributed by atoms with Gasteiger partial charge in [-0.2, -0.15) is 4.98 Å². The van der Waals surface area contributed by atoms with Crippen LogP contribution in [0.15, 0.2) is 47.8 Å². The molecule has 3 rings (SSSR count). The Balaban J connectivity index is 0.000000154. The number of rotatable bonds is 2. The average Bonchev–Trinajstić information content (AvgIpc) is 2.96.